The quantitative estimate of drug-likeness (QED) is 0.583. The van der Waals surface area contributed by atoms with Crippen molar-refractivity contribution in [2.45, 2.75) is 13.8 Å². The fraction of sp³-hybridized carbons (Fsp3) is 0.333. The Morgan fingerprint density at radius 3 is 2.60 bits per heavy atom. The van der Waals surface area contributed by atoms with Gasteiger partial charge in [-0.1, -0.05) is 18.2 Å². The van der Waals surface area contributed by atoms with Gasteiger partial charge in [0.2, 0.25) is 11.8 Å². The second-order valence-electron chi connectivity index (χ2n) is 4.08. The molecular formula is C15H20N2O3. The van der Waals surface area contributed by atoms with E-state index < -0.39 is 0 Å². The van der Waals surface area contributed by atoms with Gasteiger partial charge >= 0.3 is 0 Å². The lowest BCUT2D eigenvalue weighted by molar-refractivity contribution is -0.119. The molecule has 1 aromatic rings. The van der Waals surface area contributed by atoms with Crippen LogP contribution >= 0.6 is 0 Å². The summed E-state index contributed by atoms with van der Waals surface area (Å²) in [5, 5.41) is 5.28. The molecule has 2 N–H and O–H groups in total. The Morgan fingerprint density at radius 1 is 1.20 bits per heavy atom. The summed E-state index contributed by atoms with van der Waals surface area (Å²) in [6, 6.07) is 7.51. The van der Waals surface area contributed by atoms with Crippen molar-refractivity contribution >= 4 is 17.9 Å². The number of hydrogen-bond donors (Lipinski definition) is 2. The van der Waals surface area contributed by atoms with Crippen LogP contribution in [-0.2, 0) is 9.59 Å². The van der Waals surface area contributed by atoms with Crippen LogP contribution < -0.4 is 15.4 Å². The smallest absolute Gasteiger partial charge is 0.244 e. The minimum absolute atomic E-state index is 0.111. The lowest BCUT2D eigenvalue weighted by Crippen LogP contribution is -2.32. The van der Waals surface area contributed by atoms with Crippen LogP contribution in [0, 0.1) is 0 Å². The lowest BCUT2D eigenvalue weighted by atomic mass is 10.2. The Kier molecular flexibility index (Phi) is 6.89. The van der Waals surface area contributed by atoms with Gasteiger partial charge in [0.25, 0.3) is 0 Å². The predicted octanol–water partition coefficient (Wildman–Crippen LogP) is 1.35. The molecule has 0 fully saturated rings. The molecule has 0 unspecified atom stereocenters. The zero-order chi connectivity index (χ0) is 14.8. The van der Waals surface area contributed by atoms with E-state index in [1.54, 1.807) is 6.08 Å². The van der Waals surface area contributed by atoms with Gasteiger partial charge in [-0.3, -0.25) is 9.59 Å². The first-order valence-corrected chi connectivity index (χ1v) is 6.55. The molecule has 0 aromatic heterocycles. The minimum Gasteiger partial charge on any atom is -0.493 e. The van der Waals surface area contributed by atoms with Crippen LogP contribution in [0.25, 0.3) is 6.08 Å². The zero-order valence-corrected chi connectivity index (χ0v) is 11.8. The van der Waals surface area contributed by atoms with Gasteiger partial charge in [0.05, 0.1) is 6.61 Å². The fourth-order valence-electron chi connectivity index (χ4n) is 1.55. The van der Waals surface area contributed by atoms with Crippen molar-refractivity contribution < 1.29 is 14.3 Å². The van der Waals surface area contributed by atoms with Crippen LogP contribution in [-0.4, -0.2) is 31.5 Å². The van der Waals surface area contributed by atoms with E-state index in [0.29, 0.717) is 19.7 Å². The van der Waals surface area contributed by atoms with Gasteiger partial charge in [0.1, 0.15) is 5.75 Å². The summed E-state index contributed by atoms with van der Waals surface area (Å²) >= 11 is 0. The summed E-state index contributed by atoms with van der Waals surface area (Å²) in [6.07, 6.45) is 3.16. The van der Waals surface area contributed by atoms with Crippen molar-refractivity contribution in [1.29, 1.82) is 0 Å². The first-order valence-electron chi connectivity index (χ1n) is 6.55. The van der Waals surface area contributed by atoms with E-state index in [1.807, 2.05) is 31.2 Å². The first kappa shape index (κ1) is 15.8. The molecule has 0 saturated heterocycles. The van der Waals surface area contributed by atoms with Gasteiger partial charge in [-0.15, -0.1) is 0 Å². The van der Waals surface area contributed by atoms with Crippen molar-refractivity contribution in [2.24, 2.45) is 0 Å². The van der Waals surface area contributed by atoms with Crippen molar-refractivity contribution in [3.8, 4) is 5.75 Å². The molecule has 0 atom stereocenters. The molecule has 1 aromatic carbocycles. The van der Waals surface area contributed by atoms with Crippen molar-refractivity contribution in [1.82, 2.24) is 10.6 Å². The molecule has 20 heavy (non-hydrogen) atoms. The minimum atomic E-state index is -0.207. The van der Waals surface area contributed by atoms with E-state index in [2.05, 4.69) is 10.6 Å². The Bertz CT molecular complexity index is 484. The van der Waals surface area contributed by atoms with E-state index in [9.17, 15) is 9.59 Å². The monoisotopic (exact) mass is 276 g/mol. The van der Waals surface area contributed by atoms with E-state index in [4.69, 9.17) is 4.74 Å². The fourth-order valence-corrected chi connectivity index (χ4v) is 1.55. The van der Waals surface area contributed by atoms with E-state index in [1.165, 1.54) is 13.0 Å². The molecule has 1 rings (SSSR count). The summed E-state index contributed by atoms with van der Waals surface area (Å²) in [5.41, 5.74) is 0.853. The van der Waals surface area contributed by atoms with Crippen LogP contribution in [0.4, 0.5) is 0 Å². The van der Waals surface area contributed by atoms with Gasteiger partial charge < -0.3 is 15.4 Å². The topological polar surface area (TPSA) is 67.4 Å². The number of rotatable bonds is 7. The summed E-state index contributed by atoms with van der Waals surface area (Å²) < 4.78 is 5.46. The molecule has 0 spiro atoms. The number of carbonyl (C=O) groups is 2. The highest BCUT2D eigenvalue weighted by atomic mass is 16.5. The molecule has 0 aliphatic carbocycles. The van der Waals surface area contributed by atoms with Gasteiger partial charge in [-0.2, -0.15) is 0 Å². The third-order valence-electron chi connectivity index (χ3n) is 2.43. The highest BCUT2D eigenvalue weighted by Gasteiger charge is 2.00. The molecule has 0 saturated carbocycles. The van der Waals surface area contributed by atoms with Crippen molar-refractivity contribution in [2.75, 3.05) is 19.7 Å². The summed E-state index contributed by atoms with van der Waals surface area (Å²) in [6.45, 7) is 4.75. The normalized spacial score (nSPS) is 10.3. The average molecular weight is 276 g/mol. The third kappa shape index (κ3) is 6.04. The van der Waals surface area contributed by atoms with Crippen molar-refractivity contribution in [3.05, 3.63) is 35.9 Å². The Morgan fingerprint density at radius 2 is 1.90 bits per heavy atom. The number of para-hydroxylation sites is 1. The molecule has 5 nitrogen and oxygen atoms in total. The summed E-state index contributed by atoms with van der Waals surface area (Å²) in [7, 11) is 0. The molecule has 5 heteroatoms. The maximum absolute atomic E-state index is 11.6. The van der Waals surface area contributed by atoms with Crippen LogP contribution in [0.15, 0.2) is 30.3 Å². The van der Waals surface area contributed by atoms with Gasteiger partial charge in [-0.05, 0) is 19.1 Å². The Hall–Kier alpha value is -2.30. The van der Waals surface area contributed by atoms with Crippen LogP contribution in [0.2, 0.25) is 0 Å². The number of ether oxygens (including phenoxy) is 1. The molecule has 0 aliphatic rings. The number of benzene rings is 1. The molecule has 2 amide bonds. The maximum Gasteiger partial charge on any atom is 0.244 e. The van der Waals surface area contributed by atoms with Crippen molar-refractivity contribution in [3.63, 3.8) is 0 Å². The predicted molar refractivity (Wildman–Crippen MR) is 78.3 cm³/mol. The standard InChI is InChI=1S/C15H20N2O3/c1-3-20-14-7-5-4-6-13(14)8-9-15(19)17-11-10-16-12(2)18/h4-9H,3,10-11H2,1-2H3,(H,16,18)(H,17,19)/b9-8+. The van der Waals surface area contributed by atoms with Gasteiger partial charge in [0, 0.05) is 31.7 Å². The highest BCUT2D eigenvalue weighted by molar-refractivity contribution is 5.92. The van der Waals surface area contributed by atoms with E-state index in [-0.39, 0.29) is 11.8 Å². The van der Waals surface area contributed by atoms with E-state index in [0.717, 1.165) is 11.3 Å². The third-order valence-corrected chi connectivity index (χ3v) is 2.43. The Labute approximate surface area is 119 Å². The first-order chi connectivity index (χ1) is 9.63. The second-order valence-corrected chi connectivity index (χ2v) is 4.08. The molecule has 108 valence electrons. The number of nitrogens with one attached hydrogen (secondary N) is 2. The maximum atomic E-state index is 11.6. The zero-order valence-electron chi connectivity index (χ0n) is 11.8. The van der Waals surface area contributed by atoms with Crippen LogP contribution in [0.3, 0.4) is 0 Å². The second kappa shape index (κ2) is 8.74. The summed E-state index contributed by atoms with van der Waals surface area (Å²) in [4.78, 5) is 22.2. The highest BCUT2D eigenvalue weighted by Crippen LogP contribution is 2.19. The molecule has 0 bridgehead atoms. The molecular weight excluding hydrogens is 256 g/mol. The summed E-state index contributed by atoms with van der Waals surface area (Å²) in [5.74, 6) is 0.430. The largest absolute Gasteiger partial charge is 0.493 e. The van der Waals surface area contributed by atoms with Gasteiger partial charge in [0.15, 0.2) is 0 Å². The Balaban J connectivity index is 2.46. The van der Waals surface area contributed by atoms with Gasteiger partial charge in [-0.25, -0.2) is 0 Å². The molecule has 0 aliphatic heterocycles. The molecule has 0 heterocycles. The van der Waals surface area contributed by atoms with Crippen LogP contribution in [0.1, 0.15) is 19.4 Å². The average Bonchev–Trinajstić information content (AvgIpc) is 2.43. The molecule has 0 radical (unpaired) electrons. The number of amides is 2. The van der Waals surface area contributed by atoms with Crippen LogP contribution in [0.5, 0.6) is 5.75 Å². The number of carbonyl (C=O) groups excluding carboxylic acids is 2. The van der Waals surface area contributed by atoms with E-state index >= 15 is 0 Å². The SMILES string of the molecule is CCOc1ccccc1/C=C/C(=O)NCCNC(C)=O. The lowest BCUT2D eigenvalue weighted by Gasteiger charge is -2.06. The number of hydrogen-bond acceptors (Lipinski definition) is 3.